The molecule has 0 saturated carbocycles. The largest absolute Gasteiger partial charge is 0.468 e. The van der Waals surface area contributed by atoms with E-state index in [0.717, 1.165) is 0 Å². The lowest BCUT2D eigenvalue weighted by Gasteiger charge is -2.11. The fraction of sp³-hybridized carbons (Fsp3) is 0.368. The van der Waals surface area contributed by atoms with Crippen LogP contribution in [0.2, 0.25) is 0 Å². The van der Waals surface area contributed by atoms with Crippen molar-refractivity contribution in [2.75, 3.05) is 19.8 Å². The molecule has 31 heavy (non-hydrogen) atoms. The van der Waals surface area contributed by atoms with Crippen LogP contribution < -0.4 is 10.1 Å². The van der Waals surface area contributed by atoms with E-state index in [2.05, 4.69) is 20.4 Å². The smallest absolute Gasteiger partial charge is 0.422 e. The number of hydrogen-bond donors (Lipinski definition) is 3. The predicted molar refractivity (Wildman–Crippen MR) is 103 cm³/mol. The Balaban J connectivity index is 1.75. The molecule has 3 aromatic heterocycles. The van der Waals surface area contributed by atoms with Gasteiger partial charge in [-0.1, -0.05) is 0 Å². The number of halogens is 3. The predicted octanol–water partition coefficient (Wildman–Crippen LogP) is 1.21. The lowest BCUT2D eigenvalue weighted by Crippen LogP contribution is -2.34. The number of fused-ring (bicyclic) bond motifs is 1. The third-order valence-corrected chi connectivity index (χ3v) is 4.21. The second-order valence-electron chi connectivity index (χ2n) is 6.83. The second kappa shape index (κ2) is 9.27. The van der Waals surface area contributed by atoms with Crippen molar-refractivity contribution in [3.05, 3.63) is 47.5 Å². The highest BCUT2D eigenvalue weighted by molar-refractivity contribution is 6.04. The number of amides is 1. The average molecular weight is 439 g/mol. The van der Waals surface area contributed by atoms with Gasteiger partial charge in [-0.3, -0.25) is 14.5 Å². The van der Waals surface area contributed by atoms with Crippen molar-refractivity contribution in [1.82, 2.24) is 25.1 Å². The van der Waals surface area contributed by atoms with Crippen molar-refractivity contribution in [2.24, 2.45) is 0 Å². The van der Waals surface area contributed by atoms with Crippen LogP contribution in [0.3, 0.4) is 0 Å². The average Bonchev–Trinajstić information content (AvgIpc) is 3.12. The maximum atomic E-state index is 12.4. The van der Waals surface area contributed by atoms with Gasteiger partial charge >= 0.3 is 6.18 Å². The van der Waals surface area contributed by atoms with E-state index in [1.54, 1.807) is 29.9 Å². The first kappa shape index (κ1) is 22.4. The van der Waals surface area contributed by atoms with Gasteiger partial charge in [0.15, 0.2) is 6.61 Å². The molecule has 1 atom stereocenters. The van der Waals surface area contributed by atoms with Gasteiger partial charge in [0, 0.05) is 30.7 Å². The standard InChI is InChI=1S/C19H20F3N5O4/c1-11-4-12(5-25-18(11)31-10-19(20,21)22)7-27-8-14-15(26-27)2-3-23-16(14)17(30)24-6-13(29)9-28/h2-5,8,13,28-29H,6-7,9-10H2,1H3,(H,24,30). The van der Waals surface area contributed by atoms with Crippen molar-refractivity contribution >= 4 is 16.8 Å². The minimum atomic E-state index is -4.45. The summed E-state index contributed by atoms with van der Waals surface area (Å²) in [5, 5.41) is 25.6. The number of rotatable bonds is 8. The summed E-state index contributed by atoms with van der Waals surface area (Å²) in [4.78, 5) is 20.4. The van der Waals surface area contributed by atoms with Crippen molar-refractivity contribution in [1.29, 1.82) is 0 Å². The molecule has 0 aromatic carbocycles. The van der Waals surface area contributed by atoms with Gasteiger partial charge in [-0.2, -0.15) is 18.3 Å². The van der Waals surface area contributed by atoms with Crippen LogP contribution >= 0.6 is 0 Å². The van der Waals surface area contributed by atoms with Crippen LogP contribution in [-0.4, -0.2) is 67.9 Å². The van der Waals surface area contributed by atoms with Crippen LogP contribution in [-0.2, 0) is 6.54 Å². The molecule has 0 aliphatic carbocycles. The third kappa shape index (κ3) is 5.89. The number of nitrogens with one attached hydrogen (secondary N) is 1. The highest BCUT2D eigenvalue weighted by Gasteiger charge is 2.29. The molecule has 0 bridgehead atoms. The first-order chi connectivity index (χ1) is 14.7. The number of aliphatic hydroxyl groups is 2. The Bertz CT molecular complexity index is 1070. The van der Waals surface area contributed by atoms with Gasteiger partial charge in [0.2, 0.25) is 5.88 Å². The summed E-state index contributed by atoms with van der Waals surface area (Å²) in [7, 11) is 0. The number of aliphatic hydroxyl groups excluding tert-OH is 2. The highest BCUT2D eigenvalue weighted by atomic mass is 19.4. The lowest BCUT2D eigenvalue weighted by molar-refractivity contribution is -0.154. The summed E-state index contributed by atoms with van der Waals surface area (Å²) in [6.07, 6.45) is -1.09. The molecule has 3 N–H and O–H groups in total. The van der Waals surface area contributed by atoms with E-state index in [4.69, 9.17) is 9.84 Å². The molecule has 1 unspecified atom stereocenters. The van der Waals surface area contributed by atoms with E-state index in [1.165, 1.54) is 12.4 Å². The summed E-state index contributed by atoms with van der Waals surface area (Å²) in [6, 6.07) is 3.27. The van der Waals surface area contributed by atoms with Gasteiger partial charge in [0.25, 0.3) is 5.91 Å². The molecule has 9 nitrogen and oxygen atoms in total. The molecule has 1 amide bonds. The monoisotopic (exact) mass is 439 g/mol. The fourth-order valence-electron chi connectivity index (χ4n) is 2.81. The number of carbonyl (C=O) groups is 1. The zero-order chi connectivity index (χ0) is 22.6. The molecular formula is C19H20F3N5O4. The molecule has 0 spiro atoms. The van der Waals surface area contributed by atoms with Crippen molar-refractivity contribution in [3.8, 4) is 5.88 Å². The Labute approximate surface area is 174 Å². The molecule has 0 aliphatic heterocycles. The van der Waals surface area contributed by atoms with E-state index in [9.17, 15) is 23.1 Å². The zero-order valence-corrected chi connectivity index (χ0v) is 16.4. The molecule has 3 heterocycles. The molecule has 0 fully saturated rings. The first-order valence-electron chi connectivity index (χ1n) is 9.20. The second-order valence-corrected chi connectivity index (χ2v) is 6.83. The first-order valence-corrected chi connectivity index (χ1v) is 9.20. The molecule has 0 aliphatic rings. The van der Waals surface area contributed by atoms with Gasteiger partial charge in [0.05, 0.1) is 30.2 Å². The molecule has 166 valence electrons. The van der Waals surface area contributed by atoms with Crippen LogP contribution in [0.5, 0.6) is 5.88 Å². The number of nitrogens with zero attached hydrogens (tertiary/aromatic N) is 4. The fourth-order valence-corrected chi connectivity index (χ4v) is 2.81. The highest BCUT2D eigenvalue weighted by Crippen LogP contribution is 2.21. The maximum Gasteiger partial charge on any atom is 0.422 e. The SMILES string of the molecule is Cc1cc(Cn2cc3c(C(=O)NCC(O)CO)nccc3n2)cnc1OCC(F)(F)F. The van der Waals surface area contributed by atoms with E-state index >= 15 is 0 Å². The molecule has 3 rings (SSSR count). The van der Waals surface area contributed by atoms with Gasteiger partial charge in [-0.25, -0.2) is 4.98 Å². The summed E-state index contributed by atoms with van der Waals surface area (Å²) < 4.78 is 43.2. The van der Waals surface area contributed by atoms with Crippen LogP contribution in [0, 0.1) is 6.92 Å². The third-order valence-electron chi connectivity index (χ3n) is 4.21. The maximum absolute atomic E-state index is 12.4. The van der Waals surface area contributed by atoms with Gasteiger partial charge in [-0.05, 0) is 24.6 Å². The summed E-state index contributed by atoms with van der Waals surface area (Å²) >= 11 is 0. The van der Waals surface area contributed by atoms with Gasteiger partial charge in [-0.15, -0.1) is 0 Å². The van der Waals surface area contributed by atoms with E-state index < -0.39 is 31.4 Å². The van der Waals surface area contributed by atoms with Crippen molar-refractivity contribution < 1.29 is 32.9 Å². The summed E-state index contributed by atoms with van der Waals surface area (Å²) in [5.41, 5.74) is 1.74. The van der Waals surface area contributed by atoms with Crippen molar-refractivity contribution in [2.45, 2.75) is 25.7 Å². The van der Waals surface area contributed by atoms with Crippen molar-refractivity contribution in [3.63, 3.8) is 0 Å². The number of aryl methyl sites for hydroxylation is 1. The molecular weight excluding hydrogens is 419 g/mol. The Morgan fingerprint density at radius 1 is 1.35 bits per heavy atom. The van der Waals surface area contributed by atoms with Crippen LogP contribution in [0.25, 0.3) is 10.9 Å². The van der Waals surface area contributed by atoms with Gasteiger partial charge < -0.3 is 20.3 Å². The number of alkyl halides is 3. The Kier molecular flexibility index (Phi) is 6.71. The van der Waals surface area contributed by atoms with Crippen LogP contribution in [0.1, 0.15) is 21.6 Å². The van der Waals surface area contributed by atoms with E-state index in [0.29, 0.717) is 22.0 Å². The number of aromatic nitrogens is 4. The molecule has 12 heteroatoms. The molecule has 0 radical (unpaired) electrons. The number of carbonyl (C=O) groups excluding carboxylic acids is 1. The molecule has 0 saturated heterocycles. The van der Waals surface area contributed by atoms with Gasteiger partial charge in [0.1, 0.15) is 5.69 Å². The topological polar surface area (TPSA) is 122 Å². The number of hydrogen-bond acceptors (Lipinski definition) is 7. The number of ether oxygens (including phenoxy) is 1. The summed E-state index contributed by atoms with van der Waals surface area (Å²) in [6.45, 7) is -0.183. The van der Waals surface area contributed by atoms with E-state index in [1.807, 2.05) is 0 Å². The normalized spacial score (nSPS) is 12.7. The lowest BCUT2D eigenvalue weighted by atomic mass is 10.2. The quantitative estimate of drug-likeness (QED) is 0.482. The molecule has 3 aromatic rings. The minimum Gasteiger partial charge on any atom is -0.468 e. The van der Waals surface area contributed by atoms with Crippen LogP contribution in [0.4, 0.5) is 13.2 Å². The van der Waals surface area contributed by atoms with E-state index in [-0.39, 0.29) is 24.7 Å². The zero-order valence-electron chi connectivity index (χ0n) is 16.4. The van der Waals surface area contributed by atoms with Crippen LogP contribution in [0.15, 0.2) is 30.7 Å². The Morgan fingerprint density at radius 3 is 2.81 bits per heavy atom. The Morgan fingerprint density at radius 2 is 2.13 bits per heavy atom. The summed E-state index contributed by atoms with van der Waals surface area (Å²) in [5.74, 6) is -0.624. The number of pyridine rings is 2. The Hall–Kier alpha value is -3.25. The minimum absolute atomic E-state index is 0.0973.